The van der Waals surface area contributed by atoms with E-state index in [4.69, 9.17) is 4.74 Å². The van der Waals surface area contributed by atoms with E-state index >= 15 is 0 Å². The van der Waals surface area contributed by atoms with E-state index in [1.807, 2.05) is 30.3 Å². The van der Waals surface area contributed by atoms with Crippen LogP contribution < -0.4 is 10.1 Å². The Bertz CT molecular complexity index is 1040. The summed E-state index contributed by atoms with van der Waals surface area (Å²) in [6, 6.07) is 19.4. The summed E-state index contributed by atoms with van der Waals surface area (Å²) in [4.78, 5) is 40.8. The highest BCUT2D eigenvalue weighted by atomic mass is 31.2. The van der Waals surface area contributed by atoms with Crippen LogP contribution in [0.3, 0.4) is 0 Å². The Hall–Kier alpha value is -2.51. The number of para-hydroxylation sites is 1. The maximum absolute atomic E-state index is 11.4. The highest BCUT2D eigenvalue weighted by Crippen LogP contribution is 2.59. The Morgan fingerprint density at radius 1 is 0.793 bits per heavy atom. The Kier molecular flexibility index (Phi) is 6.19. The summed E-state index contributed by atoms with van der Waals surface area (Å²) in [5, 5.41) is 2.15. The van der Waals surface area contributed by atoms with Gasteiger partial charge in [-0.1, -0.05) is 30.3 Å². The number of hydrogen-bond acceptors (Lipinski definition) is 5. The minimum absolute atomic E-state index is 0.0798. The van der Waals surface area contributed by atoms with Crippen LogP contribution in [0.2, 0.25) is 0 Å². The second-order valence-electron chi connectivity index (χ2n) is 6.07. The van der Waals surface area contributed by atoms with Crippen LogP contribution in [0.1, 0.15) is 0 Å². The summed E-state index contributed by atoms with van der Waals surface area (Å²) in [6.07, 6.45) is 1.36. The van der Waals surface area contributed by atoms with E-state index in [1.54, 1.807) is 30.3 Å². The van der Waals surface area contributed by atoms with Gasteiger partial charge in [-0.15, -0.1) is 0 Å². The second kappa shape index (κ2) is 8.47. The minimum atomic E-state index is -5.12. The molecule has 0 saturated heterocycles. The molecule has 0 aliphatic carbocycles. The standard InChI is InChI=1S/C18H18N2O7P2/c21-28(22,23)18(29(24,25)26)20-17-12-14(10-11-19-17)13-6-8-16(9-7-13)27-15-4-2-1-3-5-15/h1-12,18H,(H,19,20)(H2,21,22,23)(H2,24,25,26). The van der Waals surface area contributed by atoms with Crippen LogP contribution >= 0.6 is 15.2 Å². The molecule has 0 saturated carbocycles. The molecule has 5 N–H and O–H groups in total. The summed E-state index contributed by atoms with van der Waals surface area (Å²) in [6.45, 7) is 0. The van der Waals surface area contributed by atoms with Crippen LogP contribution in [0.5, 0.6) is 11.5 Å². The Labute approximate surface area is 166 Å². The van der Waals surface area contributed by atoms with Crippen molar-refractivity contribution < 1.29 is 33.4 Å². The molecular weight excluding hydrogens is 418 g/mol. The van der Waals surface area contributed by atoms with Gasteiger partial charge in [-0.25, -0.2) is 4.98 Å². The van der Waals surface area contributed by atoms with E-state index in [9.17, 15) is 28.7 Å². The van der Waals surface area contributed by atoms with E-state index in [2.05, 4.69) is 10.3 Å². The van der Waals surface area contributed by atoms with Crippen molar-refractivity contribution in [2.45, 2.75) is 5.52 Å². The lowest BCUT2D eigenvalue weighted by molar-refractivity contribution is 0.343. The zero-order chi connectivity index (χ0) is 21.1. The van der Waals surface area contributed by atoms with Crippen LogP contribution in [0.4, 0.5) is 5.82 Å². The quantitative estimate of drug-likeness (QED) is 0.350. The molecule has 0 unspecified atom stereocenters. The van der Waals surface area contributed by atoms with Crippen molar-refractivity contribution in [3.63, 3.8) is 0 Å². The fraction of sp³-hybridized carbons (Fsp3) is 0.0556. The Morgan fingerprint density at radius 2 is 1.38 bits per heavy atom. The summed E-state index contributed by atoms with van der Waals surface area (Å²) >= 11 is 0. The second-order valence-corrected chi connectivity index (χ2v) is 9.86. The maximum atomic E-state index is 11.4. The molecule has 0 aliphatic rings. The molecular formula is C18H18N2O7P2. The zero-order valence-corrected chi connectivity index (χ0v) is 16.6. The van der Waals surface area contributed by atoms with Gasteiger partial charge in [0.2, 0.25) is 5.52 Å². The lowest BCUT2D eigenvalue weighted by atomic mass is 10.1. The number of rotatable bonds is 7. The van der Waals surface area contributed by atoms with Crippen molar-refractivity contribution in [2.75, 3.05) is 5.32 Å². The third kappa shape index (κ3) is 5.74. The van der Waals surface area contributed by atoms with Crippen molar-refractivity contribution in [3.8, 4) is 22.6 Å². The molecule has 0 bridgehead atoms. The molecule has 9 nitrogen and oxygen atoms in total. The molecule has 1 aromatic heterocycles. The largest absolute Gasteiger partial charge is 0.457 e. The SMILES string of the molecule is O=P(O)(O)C(Nc1cc(-c2ccc(Oc3ccccc3)cc2)ccn1)P(=O)(O)O. The molecule has 29 heavy (non-hydrogen) atoms. The first-order valence-electron chi connectivity index (χ1n) is 8.29. The van der Waals surface area contributed by atoms with E-state index in [0.717, 1.165) is 5.56 Å². The molecule has 11 heteroatoms. The van der Waals surface area contributed by atoms with Crippen molar-refractivity contribution in [2.24, 2.45) is 0 Å². The van der Waals surface area contributed by atoms with Gasteiger partial charge in [0, 0.05) is 6.20 Å². The normalized spacial score (nSPS) is 12.0. The minimum Gasteiger partial charge on any atom is -0.457 e. The van der Waals surface area contributed by atoms with E-state index < -0.39 is 20.7 Å². The van der Waals surface area contributed by atoms with Crippen LogP contribution in [-0.2, 0) is 9.13 Å². The topological polar surface area (TPSA) is 149 Å². The first kappa shape index (κ1) is 21.2. The molecule has 0 spiro atoms. The van der Waals surface area contributed by atoms with Crippen molar-refractivity contribution in [1.82, 2.24) is 4.98 Å². The number of anilines is 1. The van der Waals surface area contributed by atoms with E-state index in [1.165, 1.54) is 12.3 Å². The van der Waals surface area contributed by atoms with Gasteiger partial charge in [0.25, 0.3) is 0 Å². The number of nitrogens with zero attached hydrogens (tertiary/aromatic N) is 1. The molecule has 0 aliphatic heterocycles. The summed E-state index contributed by atoms with van der Waals surface area (Å²) in [5.41, 5.74) is -0.997. The maximum Gasteiger partial charge on any atom is 0.360 e. The average Bonchev–Trinajstić information content (AvgIpc) is 2.66. The van der Waals surface area contributed by atoms with Crippen LogP contribution in [0.15, 0.2) is 72.9 Å². The van der Waals surface area contributed by atoms with Gasteiger partial charge in [-0.2, -0.15) is 0 Å². The van der Waals surface area contributed by atoms with Gasteiger partial charge in [0.15, 0.2) is 0 Å². The van der Waals surface area contributed by atoms with Gasteiger partial charge in [-0.05, 0) is 47.5 Å². The monoisotopic (exact) mass is 436 g/mol. The molecule has 3 rings (SSSR count). The number of aromatic nitrogens is 1. The summed E-state index contributed by atoms with van der Waals surface area (Å²) in [7, 11) is -10.2. The van der Waals surface area contributed by atoms with Crippen LogP contribution in [-0.4, -0.2) is 30.1 Å². The summed E-state index contributed by atoms with van der Waals surface area (Å²) < 4.78 is 28.6. The number of ether oxygens (including phenoxy) is 1. The smallest absolute Gasteiger partial charge is 0.360 e. The van der Waals surface area contributed by atoms with Gasteiger partial charge in [0.1, 0.15) is 17.3 Å². The lowest BCUT2D eigenvalue weighted by Crippen LogP contribution is -2.20. The summed E-state index contributed by atoms with van der Waals surface area (Å²) in [5.74, 6) is 1.23. The fourth-order valence-electron chi connectivity index (χ4n) is 2.53. The Morgan fingerprint density at radius 3 is 1.97 bits per heavy atom. The Balaban J connectivity index is 1.80. The van der Waals surface area contributed by atoms with E-state index in [-0.39, 0.29) is 5.82 Å². The third-order valence-corrected chi connectivity index (χ3v) is 7.18. The highest BCUT2D eigenvalue weighted by molar-refractivity contribution is 7.71. The molecule has 0 amide bonds. The molecule has 2 aromatic carbocycles. The lowest BCUT2D eigenvalue weighted by Gasteiger charge is -2.21. The number of hydrogen-bond donors (Lipinski definition) is 5. The molecule has 0 radical (unpaired) electrons. The predicted molar refractivity (Wildman–Crippen MR) is 108 cm³/mol. The van der Waals surface area contributed by atoms with Gasteiger partial charge in [-0.3, -0.25) is 9.13 Å². The molecule has 3 aromatic rings. The molecule has 0 fully saturated rings. The van der Waals surface area contributed by atoms with Crippen molar-refractivity contribution in [3.05, 3.63) is 72.9 Å². The fourth-order valence-corrected chi connectivity index (χ4v) is 4.69. The number of pyridine rings is 1. The third-order valence-electron chi connectivity index (χ3n) is 3.84. The number of benzene rings is 2. The predicted octanol–water partition coefficient (Wildman–Crippen LogP) is 3.59. The zero-order valence-electron chi connectivity index (χ0n) is 14.9. The average molecular weight is 436 g/mol. The number of nitrogens with one attached hydrogen (secondary N) is 1. The van der Waals surface area contributed by atoms with Gasteiger partial charge >= 0.3 is 15.2 Å². The first-order valence-corrected chi connectivity index (χ1v) is 11.7. The van der Waals surface area contributed by atoms with Crippen LogP contribution in [0.25, 0.3) is 11.1 Å². The van der Waals surface area contributed by atoms with E-state index in [0.29, 0.717) is 17.1 Å². The molecule has 152 valence electrons. The van der Waals surface area contributed by atoms with Crippen LogP contribution in [0, 0.1) is 0 Å². The van der Waals surface area contributed by atoms with Crippen molar-refractivity contribution >= 4 is 21.0 Å². The molecule has 1 heterocycles. The highest BCUT2D eigenvalue weighted by Gasteiger charge is 2.43. The van der Waals surface area contributed by atoms with Crippen molar-refractivity contribution in [1.29, 1.82) is 0 Å². The molecule has 0 atom stereocenters. The van der Waals surface area contributed by atoms with Gasteiger partial charge in [0.05, 0.1) is 0 Å². The van der Waals surface area contributed by atoms with Gasteiger partial charge < -0.3 is 29.6 Å². The first-order chi connectivity index (χ1) is 13.6.